The molecule has 2 aliphatic rings. The average Bonchev–Trinajstić information content (AvgIpc) is 3.21. The lowest BCUT2D eigenvalue weighted by atomic mass is 10.1. The summed E-state index contributed by atoms with van der Waals surface area (Å²) in [7, 11) is 0. The van der Waals surface area contributed by atoms with Gasteiger partial charge in [0.1, 0.15) is 11.8 Å². The van der Waals surface area contributed by atoms with E-state index in [0.29, 0.717) is 28.7 Å². The summed E-state index contributed by atoms with van der Waals surface area (Å²) in [6.07, 6.45) is 9.20. The molecule has 1 aliphatic heterocycles. The van der Waals surface area contributed by atoms with Gasteiger partial charge >= 0.3 is 0 Å². The van der Waals surface area contributed by atoms with E-state index in [9.17, 15) is 4.79 Å². The molecule has 106 valence electrons. The van der Waals surface area contributed by atoms with Gasteiger partial charge in [-0.2, -0.15) is 0 Å². The van der Waals surface area contributed by atoms with Gasteiger partial charge in [-0.05, 0) is 43.5 Å². The minimum atomic E-state index is -0.0464. The van der Waals surface area contributed by atoms with Crippen LogP contribution in [0.3, 0.4) is 0 Å². The lowest BCUT2D eigenvalue weighted by Gasteiger charge is -2.23. The Morgan fingerprint density at radius 2 is 2.33 bits per heavy atom. The molecule has 2 heterocycles. The summed E-state index contributed by atoms with van der Waals surface area (Å²) < 4.78 is 5.42. The maximum Gasteiger partial charge on any atom is 0.251 e. The predicted octanol–water partition coefficient (Wildman–Crippen LogP) is 1.89. The van der Waals surface area contributed by atoms with Gasteiger partial charge in [0.2, 0.25) is 0 Å². The van der Waals surface area contributed by atoms with Crippen molar-refractivity contribution in [1.82, 2.24) is 10.6 Å². The molecule has 2 fully saturated rings. The molecular formula is C17H16N2O2. The molecule has 1 saturated carbocycles. The highest BCUT2D eigenvalue weighted by atomic mass is 16.3. The normalized spacial score (nSPS) is 26.9. The monoisotopic (exact) mass is 280 g/mol. The summed E-state index contributed by atoms with van der Waals surface area (Å²) in [6, 6.07) is 6.08. The Bertz CT molecular complexity index is 756. The van der Waals surface area contributed by atoms with Crippen molar-refractivity contribution in [1.29, 1.82) is 0 Å². The zero-order valence-electron chi connectivity index (χ0n) is 11.6. The molecule has 2 N–H and O–H groups in total. The Morgan fingerprint density at radius 3 is 3.05 bits per heavy atom. The molecule has 1 saturated heterocycles. The first kappa shape index (κ1) is 12.5. The average molecular weight is 280 g/mol. The van der Waals surface area contributed by atoms with Crippen LogP contribution < -0.4 is 10.6 Å². The molecule has 1 amide bonds. The lowest BCUT2D eigenvalue weighted by Crippen LogP contribution is -2.47. The maximum absolute atomic E-state index is 12.4. The second-order valence-corrected chi connectivity index (χ2v) is 5.94. The zero-order valence-corrected chi connectivity index (χ0v) is 11.6. The SMILES string of the molecule is C#Cc1coc2cc(C(=O)NC3CC4CNC3C4)ccc12. The predicted molar refractivity (Wildman–Crippen MR) is 79.9 cm³/mol. The van der Waals surface area contributed by atoms with E-state index in [1.165, 1.54) is 6.42 Å². The molecule has 4 nitrogen and oxygen atoms in total. The summed E-state index contributed by atoms with van der Waals surface area (Å²) in [5.41, 5.74) is 1.99. The summed E-state index contributed by atoms with van der Waals surface area (Å²) in [6.45, 7) is 1.09. The highest BCUT2D eigenvalue weighted by Crippen LogP contribution is 2.31. The van der Waals surface area contributed by atoms with E-state index in [1.54, 1.807) is 18.4 Å². The molecule has 1 aromatic carbocycles. The molecule has 1 aromatic heterocycles. The van der Waals surface area contributed by atoms with Crippen LogP contribution in [0.25, 0.3) is 11.0 Å². The van der Waals surface area contributed by atoms with Crippen molar-refractivity contribution < 1.29 is 9.21 Å². The Balaban J connectivity index is 1.55. The van der Waals surface area contributed by atoms with E-state index in [1.807, 2.05) is 6.07 Å². The van der Waals surface area contributed by atoms with E-state index in [-0.39, 0.29) is 11.9 Å². The second-order valence-electron chi connectivity index (χ2n) is 5.94. The standard InChI is InChI=1S/C17H16N2O2/c1-2-11-9-21-16-7-12(3-4-13(11)16)17(20)19-15-6-10-5-14(15)18-8-10/h1,3-4,7,9-10,14-15,18H,5-6,8H2,(H,19,20). The molecule has 4 rings (SSSR count). The number of carbonyl (C=O) groups excluding carboxylic acids is 1. The van der Waals surface area contributed by atoms with Crippen LogP contribution in [0.15, 0.2) is 28.9 Å². The van der Waals surface area contributed by atoms with Gasteiger partial charge in [0.05, 0.1) is 5.56 Å². The number of nitrogens with one attached hydrogen (secondary N) is 2. The van der Waals surface area contributed by atoms with E-state index in [2.05, 4.69) is 16.6 Å². The van der Waals surface area contributed by atoms with Crippen molar-refractivity contribution in [3.63, 3.8) is 0 Å². The molecule has 4 heteroatoms. The van der Waals surface area contributed by atoms with Crippen LogP contribution in [0.5, 0.6) is 0 Å². The van der Waals surface area contributed by atoms with Crippen LogP contribution in [-0.4, -0.2) is 24.5 Å². The van der Waals surface area contributed by atoms with Crippen LogP contribution in [-0.2, 0) is 0 Å². The van der Waals surface area contributed by atoms with Crippen LogP contribution in [0, 0.1) is 18.3 Å². The molecule has 21 heavy (non-hydrogen) atoms. The number of terminal acetylenes is 1. The molecule has 3 atom stereocenters. The van der Waals surface area contributed by atoms with Gasteiger partial charge in [0.25, 0.3) is 5.91 Å². The third-order valence-corrected chi connectivity index (χ3v) is 4.64. The quantitative estimate of drug-likeness (QED) is 0.826. The third-order valence-electron chi connectivity index (χ3n) is 4.64. The number of hydrogen-bond donors (Lipinski definition) is 2. The Morgan fingerprint density at radius 1 is 1.43 bits per heavy atom. The maximum atomic E-state index is 12.4. The van der Waals surface area contributed by atoms with Crippen LogP contribution in [0.1, 0.15) is 28.8 Å². The van der Waals surface area contributed by atoms with Gasteiger partial charge in [-0.15, -0.1) is 6.42 Å². The Labute approximate surface area is 122 Å². The topological polar surface area (TPSA) is 54.3 Å². The number of furan rings is 1. The van der Waals surface area contributed by atoms with Crippen molar-refractivity contribution >= 4 is 16.9 Å². The summed E-state index contributed by atoms with van der Waals surface area (Å²) in [5.74, 6) is 3.24. The van der Waals surface area contributed by atoms with Crippen LogP contribution in [0.4, 0.5) is 0 Å². The highest BCUT2D eigenvalue weighted by molar-refractivity contribution is 5.98. The van der Waals surface area contributed by atoms with E-state index in [0.717, 1.165) is 18.4 Å². The summed E-state index contributed by atoms with van der Waals surface area (Å²) in [5, 5.41) is 7.45. The van der Waals surface area contributed by atoms with Crippen molar-refractivity contribution in [2.75, 3.05) is 6.54 Å². The minimum absolute atomic E-state index is 0.0464. The highest BCUT2D eigenvalue weighted by Gasteiger charge is 2.40. The van der Waals surface area contributed by atoms with Gasteiger partial charge in [-0.3, -0.25) is 4.79 Å². The van der Waals surface area contributed by atoms with Crippen LogP contribution >= 0.6 is 0 Å². The zero-order chi connectivity index (χ0) is 14.4. The number of fused-ring (bicyclic) bond motifs is 3. The molecule has 0 radical (unpaired) electrons. The van der Waals surface area contributed by atoms with E-state index < -0.39 is 0 Å². The van der Waals surface area contributed by atoms with Crippen molar-refractivity contribution in [3.8, 4) is 12.3 Å². The molecular weight excluding hydrogens is 264 g/mol. The number of hydrogen-bond acceptors (Lipinski definition) is 3. The fourth-order valence-corrected chi connectivity index (χ4v) is 3.55. The molecule has 1 aliphatic carbocycles. The fourth-order valence-electron chi connectivity index (χ4n) is 3.55. The first-order valence-corrected chi connectivity index (χ1v) is 7.26. The van der Waals surface area contributed by atoms with Gasteiger partial charge in [0, 0.05) is 23.0 Å². The lowest BCUT2D eigenvalue weighted by molar-refractivity contribution is 0.0928. The Kier molecular flexibility index (Phi) is 2.76. The number of carbonyl (C=O) groups is 1. The molecule has 0 spiro atoms. The number of amides is 1. The number of rotatable bonds is 2. The number of benzene rings is 1. The summed E-state index contributed by atoms with van der Waals surface area (Å²) >= 11 is 0. The van der Waals surface area contributed by atoms with Gasteiger partial charge in [-0.1, -0.05) is 5.92 Å². The van der Waals surface area contributed by atoms with Crippen molar-refractivity contribution in [2.24, 2.45) is 5.92 Å². The van der Waals surface area contributed by atoms with Crippen molar-refractivity contribution in [2.45, 2.75) is 24.9 Å². The largest absolute Gasteiger partial charge is 0.463 e. The van der Waals surface area contributed by atoms with Crippen molar-refractivity contribution in [3.05, 3.63) is 35.6 Å². The third kappa shape index (κ3) is 2.01. The number of piperidine rings is 1. The minimum Gasteiger partial charge on any atom is -0.463 e. The molecule has 3 unspecified atom stereocenters. The van der Waals surface area contributed by atoms with E-state index in [4.69, 9.17) is 10.8 Å². The smallest absolute Gasteiger partial charge is 0.251 e. The second kappa shape index (κ2) is 4.64. The summed E-state index contributed by atoms with van der Waals surface area (Å²) in [4.78, 5) is 12.4. The van der Waals surface area contributed by atoms with Gasteiger partial charge < -0.3 is 15.1 Å². The Hall–Kier alpha value is -2.25. The fraction of sp³-hybridized carbons (Fsp3) is 0.353. The molecule has 2 bridgehead atoms. The first-order chi connectivity index (χ1) is 10.2. The van der Waals surface area contributed by atoms with Gasteiger partial charge in [-0.25, -0.2) is 0 Å². The van der Waals surface area contributed by atoms with Crippen LogP contribution in [0.2, 0.25) is 0 Å². The molecule has 2 aromatic rings. The van der Waals surface area contributed by atoms with Gasteiger partial charge in [0.15, 0.2) is 0 Å². The van der Waals surface area contributed by atoms with E-state index >= 15 is 0 Å². The first-order valence-electron chi connectivity index (χ1n) is 7.26.